The molecule has 2 aromatic carbocycles. The van der Waals surface area contributed by atoms with Gasteiger partial charge < -0.3 is 19.5 Å². The zero-order valence-electron chi connectivity index (χ0n) is 25.7. The lowest BCUT2D eigenvalue weighted by atomic mass is 9.79. The van der Waals surface area contributed by atoms with Crippen LogP contribution in [0.2, 0.25) is 0 Å². The maximum absolute atomic E-state index is 13.7. The lowest BCUT2D eigenvalue weighted by Gasteiger charge is -2.31. The van der Waals surface area contributed by atoms with Gasteiger partial charge >= 0.3 is 11.9 Å². The Kier molecular flexibility index (Phi) is 9.55. The molecule has 0 spiro atoms. The van der Waals surface area contributed by atoms with Crippen molar-refractivity contribution in [2.75, 3.05) is 6.61 Å². The van der Waals surface area contributed by atoms with Crippen molar-refractivity contribution in [3.05, 3.63) is 88.9 Å². The van der Waals surface area contributed by atoms with Crippen molar-refractivity contribution in [2.45, 2.75) is 73.5 Å². The summed E-state index contributed by atoms with van der Waals surface area (Å²) in [5.74, 6) is -0.632. The van der Waals surface area contributed by atoms with Crippen LogP contribution in [0.1, 0.15) is 66.9 Å². The summed E-state index contributed by atoms with van der Waals surface area (Å²) in [5, 5.41) is 8.22. The zero-order valence-corrected chi connectivity index (χ0v) is 25.7. The van der Waals surface area contributed by atoms with Gasteiger partial charge in [0.25, 0.3) is 0 Å². The molecule has 0 bridgehead atoms. The first-order valence-electron chi connectivity index (χ1n) is 14.4. The summed E-state index contributed by atoms with van der Waals surface area (Å²) < 4.78 is 19.1. The number of rotatable bonds is 10. The number of nitrogens with one attached hydrogen (secondary N) is 1. The fraction of sp³-hybridized carbons (Fsp3) is 0.382. The predicted octanol–water partition coefficient (Wildman–Crippen LogP) is 6.71. The van der Waals surface area contributed by atoms with E-state index in [-0.39, 0.29) is 12.2 Å². The smallest absolute Gasteiger partial charge is 0.337 e. The highest BCUT2D eigenvalue weighted by Gasteiger charge is 2.41. The minimum atomic E-state index is -0.784. The number of hydrogen-bond acceptors (Lipinski definition) is 7. The lowest BCUT2D eigenvalue weighted by Crippen LogP contribution is -2.33. The molecule has 0 radical (unpaired) electrons. The molecule has 0 aliphatic carbocycles. The molecule has 0 unspecified atom stereocenters. The molecule has 0 amide bonds. The van der Waals surface area contributed by atoms with Gasteiger partial charge in [-0.3, -0.25) is 0 Å². The van der Waals surface area contributed by atoms with Crippen molar-refractivity contribution in [1.29, 1.82) is 0 Å². The first-order chi connectivity index (χ1) is 20.0. The van der Waals surface area contributed by atoms with Crippen LogP contribution in [-0.2, 0) is 19.1 Å². The van der Waals surface area contributed by atoms with Gasteiger partial charge in [0.1, 0.15) is 5.75 Å². The van der Waals surface area contributed by atoms with Crippen LogP contribution in [0.15, 0.2) is 83.3 Å². The van der Waals surface area contributed by atoms with Gasteiger partial charge in [0.2, 0.25) is 0 Å². The van der Waals surface area contributed by atoms with E-state index in [0.29, 0.717) is 46.3 Å². The van der Waals surface area contributed by atoms with Gasteiger partial charge in [-0.15, -0.1) is 0 Å². The Morgan fingerprint density at radius 2 is 1.38 bits per heavy atom. The van der Waals surface area contributed by atoms with E-state index >= 15 is 0 Å². The van der Waals surface area contributed by atoms with E-state index in [1.54, 1.807) is 32.4 Å². The molecular formula is C34H41N3O5. The molecule has 3 aromatic rings. The average molecular weight is 572 g/mol. The van der Waals surface area contributed by atoms with E-state index in [1.165, 1.54) is 0 Å². The van der Waals surface area contributed by atoms with Gasteiger partial charge in [0.05, 0.1) is 47.3 Å². The number of hydrogen-bond donors (Lipinski definition) is 1. The van der Waals surface area contributed by atoms with Crippen LogP contribution in [0, 0.1) is 5.92 Å². The molecule has 222 valence electrons. The molecular weight excluding hydrogens is 530 g/mol. The number of dihydropyridines is 1. The van der Waals surface area contributed by atoms with E-state index < -0.39 is 17.9 Å². The highest BCUT2D eigenvalue weighted by molar-refractivity contribution is 6.00. The molecule has 4 rings (SSSR count). The number of carbonyl (C=O) groups is 2. The van der Waals surface area contributed by atoms with Crippen molar-refractivity contribution in [1.82, 2.24) is 15.1 Å². The van der Waals surface area contributed by atoms with Gasteiger partial charge in [0.15, 0.2) is 0 Å². The monoisotopic (exact) mass is 571 g/mol. The van der Waals surface area contributed by atoms with Crippen molar-refractivity contribution < 1.29 is 23.8 Å². The van der Waals surface area contributed by atoms with Crippen LogP contribution in [0.5, 0.6) is 5.75 Å². The minimum absolute atomic E-state index is 0.343. The van der Waals surface area contributed by atoms with Crippen molar-refractivity contribution >= 4 is 11.9 Å². The van der Waals surface area contributed by atoms with E-state index in [1.807, 2.05) is 74.6 Å². The third-order valence-corrected chi connectivity index (χ3v) is 6.67. The van der Waals surface area contributed by atoms with Crippen LogP contribution in [0.3, 0.4) is 0 Å². The van der Waals surface area contributed by atoms with E-state index in [2.05, 4.69) is 19.2 Å². The zero-order chi connectivity index (χ0) is 30.6. The summed E-state index contributed by atoms with van der Waals surface area (Å²) in [7, 11) is 0. The van der Waals surface area contributed by atoms with E-state index in [9.17, 15) is 9.59 Å². The molecule has 1 aliphatic heterocycles. The summed E-state index contributed by atoms with van der Waals surface area (Å²) in [6.45, 7) is 15.7. The van der Waals surface area contributed by atoms with E-state index in [4.69, 9.17) is 19.3 Å². The summed E-state index contributed by atoms with van der Waals surface area (Å²) >= 11 is 0. The van der Waals surface area contributed by atoms with Crippen molar-refractivity contribution in [3.8, 4) is 22.7 Å². The molecule has 0 fully saturated rings. The minimum Gasteiger partial charge on any atom is -0.493 e. The molecule has 0 saturated carbocycles. The van der Waals surface area contributed by atoms with Gasteiger partial charge in [-0.05, 0) is 83.9 Å². The number of carbonyl (C=O) groups excluding carboxylic acids is 2. The molecule has 0 atom stereocenters. The second-order valence-corrected chi connectivity index (χ2v) is 11.5. The fourth-order valence-corrected chi connectivity index (χ4v) is 4.91. The predicted molar refractivity (Wildman–Crippen MR) is 163 cm³/mol. The Morgan fingerprint density at radius 1 is 0.833 bits per heavy atom. The number of aromatic nitrogens is 2. The Morgan fingerprint density at radius 3 is 1.88 bits per heavy atom. The molecule has 2 heterocycles. The van der Waals surface area contributed by atoms with Gasteiger partial charge in [-0.2, -0.15) is 5.10 Å². The van der Waals surface area contributed by atoms with Crippen LogP contribution in [0.25, 0.3) is 16.9 Å². The average Bonchev–Trinajstić information content (AvgIpc) is 3.36. The van der Waals surface area contributed by atoms with Gasteiger partial charge in [-0.1, -0.05) is 32.0 Å². The largest absolute Gasteiger partial charge is 0.493 e. The second-order valence-electron chi connectivity index (χ2n) is 11.5. The highest BCUT2D eigenvalue weighted by atomic mass is 16.5. The van der Waals surface area contributed by atoms with Gasteiger partial charge in [0, 0.05) is 28.7 Å². The summed E-state index contributed by atoms with van der Waals surface area (Å²) in [5.41, 5.74) is 4.88. The Hall–Kier alpha value is -4.33. The van der Waals surface area contributed by atoms with E-state index in [0.717, 1.165) is 17.0 Å². The number of para-hydroxylation sites is 1. The number of ether oxygens (including phenoxy) is 3. The van der Waals surface area contributed by atoms with Crippen LogP contribution in [-0.4, -0.2) is 40.5 Å². The first-order valence-corrected chi connectivity index (χ1v) is 14.4. The lowest BCUT2D eigenvalue weighted by molar-refractivity contribution is -0.143. The number of esters is 2. The molecule has 1 N–H and O–H groups in total. The first kappa shape index (κ1) is 30.6. The summed E-state index contributed by atoms with van der Waals surface area (Å²) in [4.78, 5) is 27.3. The maximum Gasteiger partial charge on any atom is 0.337 e. The highest BCUT2D eigenvalue weighted by Crippen LogP contribution is 2.43. The third-order valence-electron chi connectivity index (χ3n) is 6.67. The molecule has 1 aromatic heterocycles. The van der Waals surface area contributed by atoms with Crippen LogP contribution >= 0.6 is 0 Å². The number of allylic oxidation sites excluding steroid dienone is 2. The van der Waals surface area contributed by atoms with Gasteiger partial charge in [-0.25, -0.2) is 14.3 Å². The number of benzene rings is 2. The quantitative estimate of drug-likeness (QED) is 0.270. The van der Waals surface area contributed by atoms with Crippen LogP contribution in [0.4, 0.5) is 0 Å². The normalized spacial score (nSPS) is 14.1. The fourth-order valence-electron chi connectivity index (χ4n) is 4.91. The van der Waals surface area contributed by atoms with Crippen LogP contribution < -0.4 is 10.1 Å². The standard InChI is InChI=1S/C34H41N3O5/c1-20(2)19-40-27-16-14-25(15-17-27)32-28(18-37(36-32)26-12-10-9-11-13-26)31-29(33(38)41-21(3)4)23(7)35-24(8)30(31)34(39)42-22(5)6/h9-18,20-22,31,35H,19H2,1-8H3. The van der Waals surface area contributed by atoms with Crippen molar-refractivity contribution in [2.24, 2.45) is 5.92 Å². The summed E-state index contributed by atoms with van der Waals surface area (Å²) in [6.07, 6.45) is 1.19. The topological polar surface area (TPSA) is 91.7 Å². The molecule has 1 aliphatic rings. The number of nitrogens with zero attached hydrogens (tertiary/aromatic N) is 2. The third kappa shape index (κ3) is 6.93. The molecule has 8 nitrogen and oxygen atoms in total. The summed E-state index contributed by atoms with van der Waals surface area (Å²) in [6, 6.07) is 17.4. The Balaban J connectivity index is 1.94. The maximum atomic E-state index is 13.7. The molecule has 8 heteroatoms. The SMILES string of the molecule is CC1=C(C(=O)OC(C)C)C(c2cn(-c3ccccc3)nc2-c2ccc(OCC(C)C)cc2)C(C(=O)OC(C)C)=C(C)N1. The molecule has 42 heavy (non-hydrogen) atoms. The van der Waals surface area contributed by atoms with Crippen molar-refractivity contribution in [3.63, 3.8) is 0 Å². The second kappa shape index (κ2) is 13.1. The Labute approximate surface area is 248 Å². The molecule has 0 saturated heterocycles. The Bertz CT molecular complexity index is 1440.